The monoisotopic (exact) mass is 695 g/mol. The van der Waals surface area contributed by atoms with Crippen LogP contribution in [0.4, 0.5) is 0 Å². The van der Waals surface area contributed by atoms with E-state index in [1.165, 1.54) is 75.8 Å². The van der Waals surface area contributed by atoms with Gasteiger partial charge in [0.05, 0.1) is 0 Å². The Labute approximate surface area is 317 Å². The Kier molecular flexibility index (Phi) is 6.24. The van der Waals surface area contributed by atoms with E-state index in [0.29, 0.717) is 11.6 Å². The van der Waals surface area contributed by atoms with Gasteiger partial charge in [-0.1, -0.05) is 147 Å². The summed E-state index contributed by atoms with van der Waals surface area (Å²) in [5, 5.41) is 0. The number of benzene rings is 6. The maximum absolute atomic E-state index is 5.33. The Morgan fingerprint density at radius 1 is 0.444 bits per heavy atom. The number of fused-ring (bicyclic) bond motifs is 6. The lowest BCUT2D eigenvalue weighted by atomic mass is 9.59. The van der Waals surface area contributed by atoms with E-state index in [1.54, 1.807) is 5.56 Å². The summed E-state index contributed by atoms with van der Waals surface area (Å²) in [6.07, 6.45) is 5.54. The highest BCUT2D eigenvalue weighted by Crippen LogP contribution is 2.73. The summed E-state index contributed by atoms with van der Waals surface area (Å²) < 4.78 is 0. The van der Waals surface area contributed by atoms with E-state index < -0.39 is 0 Å². The van der Waals surface area contributed by atoms with Crippen molar-refractivity contribution in [2.75, 3.05) is 0 Å². The molecule has 0 aliphatic heterocycles. The highest BCUT2D eigenvalue weighted by Gasteiger charge is 2.66. The molecule has 6 aromatic carbocycles. The van der Waals surface area contributed by atoms with Crippen molar-refractivity contribution in [3.8, 4) is 67.5 Å². The van der Waals surface area contributed by atoms with Gasteiger partial charge in [-0.05, 0) is 111 Å². The summed E-state index contributed by atoms with van der Waals surface area (Å²) in [5.74, 6) is 5.38. The fraction of sp³-hybridized carbons (Fsp3) is 0.235. The minimum atomic E-state index is -0.0361. The molecule has 13 rings (SSSR count). The van der Waals surface area contributed by atoms with Gasteiger partial charge in [-0.25, -0.2) is 15.0 Å². The molecule has 1 spiro atoms. The van der Waals surface area contributed by atoms with Crippen LogP contribution in [0.1, 0.15) is 61.8 Å². The van der Waals surface area contributed by atoms with Gasteiger partial charge in [-0.2, -0.15) is 0 Å². The molecule has 4 bridgehead atoms. The second-order valence-electron chi connectivity index (χ2n) is 17.2. The molecule has 4 fully saturated rings. The lowest BCUT2D eigenvalue weighted by molar-refractivity contribution is 0.191. The van der Waals surface area contributed by atoms with Crippen molar-refractivity contribution in [2.45, 2.75) is 50.4 Å². The molecule has 0 amide bonds. The van der Waals surface area contributed by atoms with Crippen molar-refractivity contribution in [3.05, 3.63) is 162 Å². The van der Waals surface area contributed by atoms with Gasteiger partial charge in [-0.15, -0.1) is 0 Å². The Bertz CT molecular complexity index is 2670. The largest absolute Gasteiger partial charge is 0.208 e. The third-order valence-electron chi connectivity index (χ3n) is 14.3. The van der Waals surface area contributed by atoms with Crippen molar-refractivity contribution in [2.24, 2.45) is 23.7 Å². The molecule has 5 unspecified atom stereocenters. The Morgan fingerprint density at radius 3 is 1.85 bits per heavy atom. The van der Waals surface area contributed by atoms with Gasteiger partial charge in [0.1, 0.15) is 0 Å². The number of nitrogens with zero attached hydrogens (tertiary/aromatic N) is 3. The van der Waals surface area contributed by atoms with Gasteiger partial charge < -0.3 is 0 Å². The first kappa shape index (κ1) is 30.8. The summed E-state index contributed by atoms with van der Waals surface area (Å²) in [4.78, 5) is 15.7. The van der Waals surface area contributed by atoms with E-state index in [-0.39, 0.29) is 10.8 Å². The first-order valence-electron chi connectivity index (χ1n) is 19.9. The quantitative estimate of drug-likeness (QED) is 0.184. The average Bonchev–Trinajstić information content (AvgIpc) is 3.85. The van der Waals surface area contributed by atoms with Gasteiger partial charge in [0.15, 0.2) is 17.5 Å². The van der Waals surface area contributed by atoms with Crippen LogP contribution in [-0.2, 0) is 10.8 Å². The van der Waals surface area contributed by atoms with Gasteiger partial charge in [0.2, 0.25) is 0 Å². The molecule has 260 valence electrons. The highest BCUT2D eigenvalue weighted by atomic mass is 15.0. The lowest BCUT2D eigenvalue weighted by Crippen LogP contribution is -2.40. The summed E-state index contributed by atoms with van der Waals surface area (Å²) in [5.41, 5.74) is 16.9. The molecule has 5 atom stereocenters. The maximum Gasteiger partial charge on any atom is 0.164 e. The van der Waals surface area contributed by atoms with Gasteiger partial charge in [0, 0.05) is 27.5 Å². The van der Waals surface area contributed by atoms with E-state index in [2.05, 4.69) is 147 Å². The first-order valence-corrected chi connectivity index (χ1v) is 19.9. The van der Waals surface area contributed by atoms with Crippen LogP contribution in [-0.4, -0.2) is 15.0 Å². The SMILES string of the molecule is CC1(C)c2ccccc2-c2ccc(-c3ccc(-c4nc(-c5ccccc5)nc(-c5cccc6c5-c5ccccc5C65C6CC7CC(C6)C5C7)n4)cc3)cc21. The standard InChI is InChI=1S/C51H41N3/c1-50(2)41-16-8-6-13-37(41)38-24-23-34(29-45(38)50)31-19-21-33(22-20-31)48-52-47(32-11-4-3-5-12-32)53-49(54-48)40-15-10-18-43-46(40)39-14-7-9-17-42(39)51(43)36-26-30-25-35(28-36)44(51)27-30/h3-24,29-30,35-36,44H,25-28H2,1-2H3. The predicted octanol–water partition coefficient (Wildman–Crippen LogP) is 12.2. The molecule has 0 N–H and O–H groups in total. The number of hydrogen-bond acceptors (Lipinski definition) is 3. The van der Waals surface area contributed by atoms with Crippen LogP contribution in [0.25, 0.3) is 67.5 Å². The van der Waals surface area contributed by atoms with Gasteiger partial charge >= 0.3 is 0 Å². The second-order valence-corrected chi connectivity index (χ2v) is 17.2. The summed E-state index contributed by atoms with van der Waals surface area (Å²) in [6.45, 7) is 4.69. The molecule has 6 aliphatic carbocycles. The molecule has 4 saturated carbocycles. The average molecular weight is 696 g/mol. The Morgan fingerprint density at radius 2 is 1.06 bits per heavy atom. The smallest absolute Gasteiger partial charge is 0.164 e. The molecular formula is C51H41N3. The number of aromatic nitrogens is 3. The van der Waals surface area contributed by atoms with Crippen molar-refractivity contribution in [3.63, 3.8) is 0 Å². The van der Waals surface area contributed by atoms with Gasteiger partial charge in [-0.3, -0.25) is 0 Å². The summed E-state index contributed by atoms with van der Waals surface area (Å²) in [6, 6.07) is 51.3. The van der Waals surface area contributed by atoms with Gasteiger partial charge in [0.25, 0.3) is 0 Å². The second kappa shape index (κ2) is 10.9. The zero-order valence-electron chi connectivity index (χ0n) is 30.8. The van der Waals surface area contributed by atoms with Crippen molar-refractivity contribution in [1.29, 1.82) is 0 Å². The molecule has 7 aromatic rings. The molecule has 3 nitrogen and oxygen atoms in total. The zero-order chi connectivity index (χ0) is 35.8. The minimum absolute atomic E-state index is 0.0361. The fourth-order valence-corrected chi connectivity index (χ4v) is 12.2. The normalized spacial score (nSPS) is 24.4. The Balaban J connectivity index is 0.984. The van der Waals surface area contributed by atoms with Crippen LogP contribution in [0, 0.1) is 23.7 Å². The van der Waals surface area contributed by atoms with Crippen LogP contribution in [0.3, 0.4) is 0 Å². The predicted molar refractivity (Wildman–Crippen MR) is 218 cm³/mol. The van der Waals surface area contributed by atoms with Crippen molar-refractivity contribution in [1.82, 2.24) is 15.0 Å². The maximum atomic E-state index is 5.33. The highest BCUT2D eigenvalue weighted by molar-refractivity contribution is 5.92. The lowest BCUT2D eigenvalue weighted by Gasteiger charge is -2.43. The summed E-state index contributed by atoms with van der Waals surface area (Å²) >= 11 is 0. The fourth-order valence-electron chi connectivity index (χ4n) is 12.2. The topological polar surface area (TPSA) is 38.7 Å². The van der Waals surface area contributed by atoms with Crippen molar-refractivity contribution < 1.29 is 0 Å². The molecule has 6 aliphatic rings. The molecule has 1 aromatic heterocycles. The van der Waals surface area contributed by atoms with E-state index in [1.807, 2.05) is 6.07 Å². The van der Waals surface area contributed by atoms with Crippen molar-refractivity contribution >= 4 is 0 Å². The van der Waals surface area contributed by atoms with E-state index in [4.69, 9.17) is 15.0 Å². The van der Waals surface area contributed by atoms with E-state index in [0.717, 1.165) is 46.2 Å². The molecule has 0 radical (unpaired) electrons. The number of rotatable bonds is 4. The molecule has 0 saturated heterocycles. The third-order valence-corrected chi connectivity index (χ3v) is 14.3. The summed E-state index contributed by atoms with van der Waals surface area (Å²) in [7, 11) is 0. The van der Waals surface area contributed by atoms with E-state index >= 15 is 0 Å². The molecular weight excluding hydrogens is 655 g/mol. The zero-order valence-corrected chi connectivity index (χ0v) is 30.8. The van der Waals surface area contributed by atoms with Crippen LogP contribution < -0.4 is 0 Å². The third kappa shape index (κ3) is 4.05. The number of hydrogen-bond donors (Lipinski definition) is 0. The van der Waals surface area contributed by atoms with Crippen LogP contribution in [0.2, 0.25) is 0 Å². The van der Waals surface area contributed by atoms with Crippen LogP contribution in [0.5, 0.6) is 0 Å². The minimum Gasteiger partial charge on any atom is -0.208 e. The molecule has 1 heterocycles. The van der Waals surface area contributed by atoms with E-state index in [9.17, 15) is 0 Å². The first-order chi connectivity index (χ1) is 26.5. The molecule has 3 heteroatoms. The van der Waals surface area contributed by atoms with Crippen LogP contribution >= 0.6 is 0 Å². The Hall–Kier alpha value is -5.67. The van der Waals surface area contributed by atoms with Crippen LogP contribution in [0.15, 0.2) is 140 Å². The molecule has 54 heavy (non-hydrogen) atoms.